The van der Waals surface area contributed by atoms with Crippen LogP contribution >= 0.6 is 12.6 Å². The van der Waals surface area contributed by atoms with Crippen LogP contribution in [0.5, 0.6) is 0 Å². The van der Waals surface area contributed by atoms with Crippen LogP contribution in [0.3, 0.4) is 0 Å². The summed E-state index contributed by atoms with van der Waals surface area (Å²) in [5, 5.41) is 3.32. The van der Waals surface area contributed by atoms with Crippen molar-refractivity contribution >= 4 is 24.0 Å². The minimum Gasteiger partial charge on any atom is -0.355 e. The molecule has 0 unspecified atom stereocenters. The quantitative estimate of drug-likeness (QED) is 0.705. The van der Waals surface area contributed by atoms with Gasteiger partial charge in [0, 0.05) is 10.6 Å². The number of benzene rings is 2. The maximum atomic E-state index is 4.39. The molecule has 17 heavy (non-hydrogen) atoms. The summed E-state index contributed by atoms with van der Waals surface area (Å²) in [6.07, 6.45) is 0. The fourth-order valence-corrected chi connectivity index (χ4v) is 1.59. The van der Waals surface area contributed by atoms with Crippen LogP contribution in [0.2, 0.25) is 0 Å². The summed E-state index contributed by atoms with van der Waals surface area (Å²) >= 11 is 4.39. The summed E-state index contributed by atoms with van der Waals surface area (Å²) in [6, 6.07) is 16.3. The van der Waals surface area contributed by atoms with E-state index in [1.54, 1.807) is 0 Å². The van der Waals surface area contributed by atoms with E-state index in [9.17, 15) is 0 Å². The van der Waals surface area contributed by atoms with Gasteiger partial charge in [0.1, 0.15) is 0 Å². The van der Waals surface area contributed by atoms with E-state index >= 15 is 0 Å². The molecule has 0 heterocycles. The van der Waals surface area contributed by atoms with Crippen molar-refractivity contribution in [1.82, 2.24) is 0 Å². The zero-order valence-corrected chi connectivity index (χ0v) is 11.5. The zero-order chi connectivity index (χ0) is 12.7. The van der Waals surface area contributed by atoms with Crippen molar-refractivity contribution in [2.45, 2.75) is 25.7 Å². The van der Waals surface area contributed by atoms with Crippen LogP contribution in [0.15, 0.2) is 53.4 Å². The van der Waals surface area contributed by atoms with Crippen molar-refractivity contribution < 1.29 is 0 Å². The topological polar surface area (TPSA) is 12.0 Å². The predicted octanol–water partition coefficient (Wildman–Crippen LogP) is 5.05. The highest BCUT2D eigenvalue weighted by molar-refractivity contribution is 7.80. The highest BCUT2D eigenvalue weighted by Crippen LogP contribution is 2.23. The van der Waals surface area contributed by atoms with Gasteiger partial charge in [0.15, 0.2) is 0 Å². The molecule has 90 valence electrons. The van der Waals surface area contributed by atoms with E-state index in [1.807, 2.05) is 38.1 Å². The molecule has 0 spiro atoms. The van der Waals surface area contributed by atoms with Gasteiger partial charge in [-0.3, -0.25) is 0 Å². The van der Waals surface area contributed by atoms with Crippen LogP contribution in [0, 0.1) is 6.92 Å². The van der Waals surface area contributed by atoms with Crippen LogP contribution < -0.4 is 5.32 Å². The van der Waals surface area contributed by atoms with E-state index in [0.29, 0.717) is 0 Å². The molecule has 0 saturated heterocycles. The average Bonchev–Trinajstić information content (AvgIpc) is 2.37. The number of anilines is 2. The van der Waals surface area contributed by atoms with E-state index in [0.717, 1.165) is 16.3 Å². The van der Waals surface area contributed by atoms with Gasteiger partial charge < -0.3 is 5.32 Å². The molecule has 0 aliphatic rings. The average molecular weight is 245 g/mol. The number of nitrogens with one attached hydrogen (secondary N) is 1. The molecule has 0 radical (unpaired) electrons. The fourth-order valence-electron chi connectivity index (χ4n) is 1.37. The lowest BCUT2D eigenvalue weighted by Crippen LogP contribution is -1.90. The molecule has 0 fully saturated rings. The number of para-hydroxylation sites is 1. The van der Waals surface area contributed by atoms with Gasteiger partial charge in [-0.25, -0.2) is 0 Å². The third-order valence-corrected chi connectivity index (χ3v) is 2.62. The lowest BCUT2D eigenvalue weighted by Gasteiger charge is -2.08. The lowest BCUT2D eigenvalue weighted by atomic mass is 10.2. The number of hydrogen-bond acceptors (Lipinski definition) is 2. The third-order valence-electron chi connectivity index (χ3n) is 2.23. The Morgan fingerprint density at radius 2 is 1.47 bits per heavy atom. The van der Waals surface area contributed by atoms with Gasteiger partial charge in [-0.15, -0.1) is 12.6 Å². The van der Waals surface area contributed by atoms with Crippen molar-refractivity contribution in [3.05, 3.63) is 54.1 Å². The molecule has 2 aromatic carbocycles. The van der Waals surface area contributed by atoms with Crippen LogP contribution in [-0.4, -0.2) is 0 Å². The Morgan fingerprint density at radius 1 is 0.882 bits per heavy atom. The Morgan fingerprint density at radius 3 is 2.06 bits per heavy atom. The second kappa shape index (κ2) is 7.02. The standard InChI is InChI=1S/C13H13NS.C2H6/c1-10-6-8-11(9-7-10)14-12-4-2-3-5-13(12)15;1-2/h2-9,14-15H,1H3;1-2H3. The van der Waals surface area contributed by atoms with Crippen molar-refractivity contribution in [3.8, 4) is 0 Å². The maximum absolute atomic E-state index is 4.39. The maximum Gasteiger partial charge on any atom is 0.0519 e. The zero-order valence-electron chi connectivity index (χ0n) is 10.6. The van der Waals surface area contributed by atoms with E-state index in [-0.39, 0.29) is 0 Å². The third kappa shape index (κ3) is 4.16. The number of aryl methyl sites for hydroxylation is 1. The molecule has 2 aromatic rings. The van der Waals surface area contributed by atoms with Gasteiger partial charge in [-0.2, -0.15) is 0 Å². The van der Waals surface area contributed by atoms with Crippen LogP contribution in [0.4, 0.5) is 11.4 Å². The first-order valence-electron chi connectivity index (χ1n) is 5.87. The second-order valence-electron chi connectivity index (χ2n) is 3.51. The number of rotatable bonds is 2. The van der Waals surface area contributed by atoms with E-state index in [4.69, 9.17) is 0 Å². The summed E-state index contributed by atoms with van der Waals surface area (Å²) in [5.41, 5.74) is 3.38. The molecule has 0 aliphatic carbocycles. The van der Waals surface area contributed by atoms with Crippen LogP contribution in [0.1, 0.15) is 19.4 Å². The van der Waals surface area contributed by atoms with Gasteiger partial charge >= 0.3 is 0 Å². The highest BCUT2D eigenvalue weighted by atomic mass is 32.1. The van der Waals surface area contributed by atoms with Crippen LogP contribution in [0.25, 0.3) is 0 Å². The van der Waals surface area contributed by atoms with Crippen molar-refractivity contribution in [2.24, 2.45) is 0 Å². The summed E-state index contributed by atoms with van der Waals surface area (Å²) in [6.45, 7) is 6.08. The molecule has 0 bridgehead atoms. The van der Waals surface area contributed by atoms with Gasteiger partial charge in [-0.05, 0) is 31.2 Å². The highest BCUT2D eigenvalue weighted by Gasteiger charge is 1.97. The normalized spacial score (nSPS) is 9.18. The first kappa shape index (κ1) is 13.7. The number of thiol groups is 1. The van der Waals surface area contributed by atoms with Crippen molar-refractivity contribution in [2.75, 3.05) is 5.32 Å². The Hall–Kier alpha value is -1.41. The first-order chi connectivity index (χ1) is 8.25. The second-order valence-corrected chi connectivity index (χ2v) is 3.99. The van der Waals surface area contributed by atoms with Crippen LogP contribution in [-0.2, 0) is 0 Å². The van der Waals surface area contributed by atoms with E-state index < -0.39 is 0 Å². The molecule has 1 nitrogen and oxygen atoms in total. The minimum absolute atomic E-state index is 0.957. The molecular formula is C15H19NS. The molecule has 2 rings (SSSR count). The Balaban J connectivity index is 0.000000686. The molecule has 2 heteroatoms. The summed E-state index contributed by atoms with van der Waals surface area (Å²) < 4.78 is 0. The molecular weight excluding hydrogens is 226 g/mol. The van der Waals surface area contributed by atoms with Gasteiger partial charge in [0.05, 0.1) is 5.69 Å². The Bertz CT molecular complexity index is 449. The van der Waals surface area contributed by atoms with Gasteiger partial charge in [0.2, 0.25) is 0 Å². The van der Waals surface area contributed by atoms with E-state index in [1.165, 1.54) is 5.56 Å². The number of hydrogen-bond donors (Lipinski definition) is 2. The van der Waals surface area contributed by atoms with Gasteiger partial charge in [-0.1, -0.05) is 43.7 Å². The summed E-state index contributed by atoms with van der Waals surface area (Å²) in [4.78, 5) is 0.957. The van der Waals surface area contributed by atoms with Crippen molar-refractivity contribution in [1.29, 1.82) is 0 Å². The fraction of sp³-hybridized carbons (Fsp3) is 0.200. The lowest BCUT2D eigenvalue weighted by molar-refractivity contribution is 1.40. The Labute approximate surface area is 109 Å². The molecule has 1 N–H and O–H groups in total. The predicted molar refractivity (Wildman–Crippen MR) is 79.5 cm³/mol. The SMILES string of the molecule is CC.Cc1ccc(Nc2ccccc2S)cc1. The first-order valence-corrected chi connectivity index (χ1v) is 6.32. The molecule has 0 aromatic heterocycles. The Kier molecular flexibility index (Phi) is 5.64. The monoisotopic (exact) mass is 245 g/mol. The minimum atomic E-state index is 0.957. The van der Waals surface area contributed by atoms with Crippen molar-refractivity contribution in [3.63, 3.8) is 0 Å². The molecule has 0 aliphatic heterocycles. The van der Waals surface area contributed by atoms with E-state index in [2.05, 4.69) is 49.1 Å². The summed E-state index contributed by atoms with van der Waals surface area (Å²) in [7, 11) is 0. The molecule has 0 saturated carbocycles. The van der Waals surface area contributed by atoms with Gasteiger partial charge in [0.25, 0.3) is 0 Å². The molecule has 0 atom stereocenters. The molecule has 0 amide bonds. The smallest absolute Gasteiger partial charge is 0.0519 e. The largest absolute Gasteiger partial charge is 0.355 e. The summed E-state index contributed by atoms with van der Waals surface area (Å²) in [5.74, 6) is 0.